The zero-order valence-corrected chi connectivity index (χ0v) is 9.18. The van der Waals surface area contributed by atoms with E-state index >= 15 is 0 Å². The van der Waals surface area contributed by atoms with Gasteiger partial charge in [0.15, 0.2) is 0 Å². The Kier molecular flexibility index (Phi) is 1.99. The molecule has 0 saturated carbocycles. The third kappa shape index (κ3) is 1.28. The molecule has 1 aliphatic carbocycles. The van der Waals surface area contributed by atoms with Crippen LogP contribution in [0.1, 0.15) is 30.4 Å². The van der Waals surface area contributed by atoms with Gasteiger partial charge in [0.25, 0.3) is 0 Å². The number of methoxy groups -OCH3 is 1. The molecule has 1 spiro atoms. The normalized spacial score (nSPS) is 28.3. The number of fused-ring (bicyclic) bond motifs is 2. The van der Waals surface area contributed by atoms with Crippen LogP contribution in [0, 0.1) is 0 Å². The van der Waals surface area contributed by atoms with E-state index in [2.05, 4.69) is 23.5 Å². The Labute approximate surface area is 90.6 Å². The van der Waals surface area contributed by atoms with E-state index in [0.717, 1.165) is 12.3 Å². The second kappa shape index (κ2) is 3.24. The van der Waals surface area contributed by atoms with Crippen LogP contribution in [0.4, 0.5) is 0 Å². The Balaban J connectivity index is 2.08. The van der Waals surface area contributed by atoms with Crippen LogP contribution in [0.2, 0.25) is 0 Å². The Bertz CT molecular complexity index is 382. The van der Waals surface area contributed by atoms with Gasteiger partial charge >= 0.3 is 0 Å². The van der Waals surface area contributed by atoms with Crippen LogP contribution in [0.5, 0.6) is 5.75 Å². The molecule has 2 aliphatic rings. The van der Waals surface area contributed by atoms with Gasteiger partial charge in [0.1, 0.15) is 5.75 Å². The zero-order valence-electron chi connectivity index (χ0n) is 9.18. The summed E-state index contributed by atoms with van der Waals surface area (Å²) in [4.78, 5) is 0. The molecule has 80 valence electrons. The van der Waals surface area contributed by atoms with E-state index in [9.17, 15) is 0 Å². The van der Waals surface area contributed by atoms with Crippen LogP contribution in [0.3, 0.4) is 0 Å². The molecule has 1 aromatic rings. The number of hydrogen-bond donors (Lipinski definition) is 1. The zero-order chi connectivity index (χ0) is 10.3. The van der Waals surface area contributed by atoms with E-state index in [1.165, 1.54) is 36.8 Å². The molecule has 1 saturated heterocycles. The summed E-state index contributed by atoms with van der Waals surface area (Å²) in [5, 5.41) is 3.61. The molecule has 3 rings (SSSR count). The summed E-state index contributed by atoms with van der Waals surface area (Å²) in [6.07, 6.45) is 5.11. The third-order valence-corrected chi connectivity index (χ3v) is 3.90. The maximum Gasteiger partial charge on any atom is 0.119 e. The smallest absolute Gasteiger partial charge is 0.119 e. The molecule has 1 heterocycles. The molecule has 15 heavy (non-hydrogen) atoms. The fourth-order valence-corrected chi connectivity index (χ4v) is 2.93. The Morgan fingerprint density at radius 2 is 2.20 bits per heavy atom. The van der Waals surface area contributed by atoms with Crippen molar-refractivity contribution >= 4 is 0 Å². The first-order chi connectivity index (χ1) is 7.34. The SMILES string of the molecule is COc1ccc2c(c1)C1(CCC2)CCN1. The van der Waals surface area contributed by atoms with Gasteiger partial charge in [0.05, 0.1) is 7.11 Å². The number of hydrogen-bond acceptors (Lipinski definition) is 2. The minimum Gasteiger partial charge on any atom is -0.497 e. The number of benzene rings is 1. The van der Waals surface area contributed by atoms with Crippen molar-refractivity contribution in [2.75, 3.05) is 13.7 Å². The second-order valence-corrected chi connectivity index (χ2v) is 4.64. The largest absolute Gasteiger partial charge is 0.497 e. The van der Waals surface area contributed by atoms with Gasteiger partial charge in [-0.05, 0) is 55.5 Å². The summed E-state index contributed by atoms with van der Waals surface area (Å²) in [7, 11) is 1.74. The first-order valence-corrected chi connectivity index (χ1v) is 5.76. The highest BCUT2D eigenvalue weighted by atomic mass is 16.5. The van der Waals surface area contributed by atoms with Gasteiger partial charge < -0.3 is 10.1 Å². The molecule has 1 N–H and O–H groups in total. The van der Waals surface area contributed by atoms with Crippen molar-refractivity contribution in [2.24, 2.45) is 0 Å². The fraction of sp³-hybridized carbons (Fsp3) is 0.538. The first kappa shape index (κ1) is 9.22. The molecule has 0 aromatic heterocycles. The third-order valence-electron chi connectivity index (χ3n) is 3.90. The molecule has 1 unspecified atom stereocenters. The van der Waals surface area contributed by atoms with Crippen molar-refractivity contribution in [3.05, 3.63) is 29.3 Å². The van der Waals surface area contributed by atoms with E-state index in [0.29, 0.717) is 5.54 Å². The highest BCUT2D eigenvalue weighted by molar-refractivity contribution is 5.43. The summed E-state index contributed by atoms with van der Waals surface area (Å²) >= 11 is 0. The van der Waals surface area contributed by atoms with Crippen molar-refractivity contribution in [1.29, 1.82) is 0 Å². The highest BCUT2D eigenvalue weighted by Gasteiger charge is 2.41. The van der Waals surface area contributed by atoms with Crippen molar-refractivity contribution in [3.8, 4) is 5.75 Å². The highest BCUT2D eigenvalue weighted by Crippen LogP contribution is 2.43. The standard InChI is InChI=1S/C13H17NO/c1-15-11-5-4-10-3-2-6-13(7-8-14-13)12(10)9-11/h4-5,9,14H,2-3,6-8H2,1H3. The van der Waals surface area contributed by atoms with E-state index in [1.807, 2.05) is 0 Å². The summed E-state index contributed by atoms with van der Waals surface area (Å²) in [5.41, 5.74) is 3.29. The minimum absolute atomic E-state index is 0.294. The monoisotopic (exact) mass is 203 g/mol. The van der Waals surface area contributed by atoms with E-state index in [-0.39, 0.29) is 0 Å². The number of aryl methyl sites for hydroxylation is 1. The molecule has 2 nitrogen and oxygen atoms in total. The molecule has 0 amide bonds. The number of ether oxygens (including phenoxy) is 1. The predicted molar refractivity (Wildman–Crippen MR) is 60.2 cm³/mol. The molecule has 1 fully saturated rings. The van der Waals surface area contributed by atoms with Crippen molar-refractivity contribution in [2.45, 2.75) is 31.2 Å². The average Bonchev–Trinajstić information content (AvgIpc) is 2.25. The Morgan fingerprint density at radius 1 is 1.33 bits per heavy atom. The summed E-state index contributed by atoms with van der Waals surface area (Å²) in [5.74, 6) is 0.990. The Morgan fingerprint density at radius 3 is 2.87 bits per heavy atom. The lowest BCUT2D eigenvalue weighted by molar-refractivity contribution is 0.177. The first-order valence-electron chi connectivity index (χ1n) is 5.76. The summed E-state index contributed by atoms with van der Waals surface area (Å²) in [6.45, 7) is 1.16. The lowest BCUT2D eigenvalue weighted by Gasteiger charge is -2.47. The van der Waals surface area contributed by atoms with Gasteiger partial charge in [-0.2, -0.15) is 0 Å². The van der Waals surface area contributed by atoms with Crippen LogP contribution < -0.4 is 10.1 Å². The molecule has 1 aromatic carbocycles. The van der Waals surface area contributed by atoms with E-state index in [1.54, 1.807) is 7.11 Å². The van der Waals surface area contributed by atoms with Gasteiger partial charge in [-0.25, -0.2) is 0 Å². The molecule has 1 aliphatic heterocycles. The maximum absolute atomic E-state index is 5.31. The minimum atomic E-state index is 0.294. The Hall–Kier alpha value is -1.02. The predicted octanol–water partition coefficient (Wildman–Crippen LogP) is 2.22. The average molecular weight is 203 g/mol. The molecular formula is C13H17NO. The lowest BCUT2D eigenvalue weighted by atomic mass is 9.71. The van der Waals surface area contributed by atoms with Crippen molar-refractivity contribution in [3.63, 3.8) is 0 Å². The van der Waals surface area contributed by atoms with Crippen LogP contribution in [0.25, 0.3) is 0 Å². The number of rotatable bonds is 1. The van der Waals surface area contributed by atoms with Crippen molar-refractivity contribution in [1.82, 2.24) is 5.32 Å². The van der Waals surface area contributed by atoms with E-state index in [4.69, 9.17) is 4.74 Å². The van der Waals surface area contributed by atoms with E-state index < -0.39 is 0 Å². The van der Waals surface area contributed by atoms with Crippen molar-refractivity contribution < 1.29 is 4.74 Å². The fourth-order valence-electron chi connectivity index (χ4n) is 2.93. The maximum atomic E-state index is 5.31. The number of nitrogens with one attached hydrogen (secondary N) is 1. The second-order valence-electron chi connectivity index (χ2n) is 4.64. The molecule has 0 bridgehead atoms. The van der Waals surface area contributed by atoms with Crippen LogP contribution >= 0.6 is 0 Å². The van der Waals surface area contributed by atoms with Gasteiger partial charge in [-0.3, -0.25) is 0 Å². The summed E-state index contributed by atoms with van der Waals surface area (Å²) in [6, 6.07) is 6.53. The van der Waals surface area contributed by atoms with Gasteiger partial charge in [-0.1, -0.05) is 6.07 Å². The van der Waals surface area contributed by atoms with Gasteiger partial charge in [0.2, 0.25) is 0 Å². The molecule has 2 heteroatoms. The molecule has 0 radical (unpaired) electrons. The van der Waals surface area contributed by atoms with Crippen LogP contribution in [0.15, 0.2) is 18.2 Å². The van der Waals surface area contributed by atoms with Crippen LogP contribution in [-0.2, 0) is 12.0 Å². The quantitative estimate of drug-likeness (QED) is 0.755. The van der Waals surface area contributed by atoms with Gasteiger partial charge in [-0.15, -0.1) is 0 Å². The topological polar surface area (TPSA) is 21.3 Å². The molecular weight excluding hydrogens is 186 g/mol. The summed E-state index contributed by atoms with van der Waals surface area (Å²) < 4.78 is 5.31. The van der Waals surface area contributed by atoms with Crippen LogP contribution in [-0.4, -0.2) is 13.7 Å². The molecule has 1 atom stereocenters. The van der Waals surface area contributed by atoms with Gasteiger partial charge in [0, 0.05) is 5.54 Å². The lowest BCUT2D eigenvalue weighted by Crippen LogP contribution is -2.55.